The Kier molecular flexibility index (Phi) is 2.56. The normalized spacial score (nSPS) is 10.8. The molecule has 3 aromatic rings. The fourth-order valence-electron chi connectivity index (χ4n) is 2.04. The number of benzene rings is 1. The summed E-state index contributed by atoms with van der Waals surface area (Å²) in [6, 6.07) is 10.8. The van der Waals surface area contributed by atoms with E-state index in [4.69, 9.17) is 5.73 Å². The van der Waals surface area contributed by atoms with E-state index in [2.05, 4.69) is 4.98 Å². The second kappa shape index (κ2) is 4.24. The molecular formula is C15H13N3O. The van der Waals surface area contributed by atoms with Crippen LogP contribution in [0.5, 0.6) is 0 Å². The number of anilines is 1. The lowest BCUT2D eigenvalue weighted by atomic mass is 10.1. The van der Waals surface area contributed by atoms with Gasteiger partial charge in [-0.1, -0.05) is 6.07 Å². The summed E-state index contributed by atoms with van der Waals surface area (Å²) >= 11 is 0. The average Bonchev–Trinajstić information content (AvgIpc) is 2.81. The van der Waals surface area contributed by atoms with Crippen molar-refractivity contribution < 1.29 is 4.79 Å². The van der Waals surface area contributed by atoms with Crippen molar-refractivity contribution in [2.75, 3.05) is 5.73 Å². The van der Waals surface area contributed by atoms with E-state index in [0.717, 1.165) is 11.2 Å². The van der Waals surface area contributed by atoms with Crippen molar-refractivity contribution in [3.8, 4) is 0 Å². The Bertz CT molecular complexity index is 757. The highest BCUT2D eigenvalue weighted by Crippen LogP contribution is 2.14. The molecular weight excluding hydrogens is 238 g/mol. The van der Waals surface area contributed by atoms with Gasteiger partial charge in [0.05, 0.1) is 6.20 Å². The highest BCUT2D eigenvalue weighted by atomic mass is 16.1. The number of imidazole rings is 1. The molecule has 0 aliphatic heterocycles. The minimum atomic E-state index is -0.0573. The molecule has 1 aromatic carbocycles. The molecule has 2 N–H and O–H groups in total. The van der Waals surface area contributed by atoms with Gasteiger partial charge >= 0.3 is 0 Å². The largest absolute Gasteiger partial charge is 0.399 e. The quantitative estimate of drug-likeness (QED) is 0.562. The molecule has 0 radical (unpaired) electrons. The number of ketones is 1. The number of carbonyl (C=O) groups is 1. The summed E-state index contributed by atoms with van der Waals surface area (Å²) in [4.78, 5) is 16.7. The average molecular weight is 251 g/mol. The van der Waals surface area contributed by atoms with Crippen LogP contribution < -0.4 is 5.73 Å². The lowest BCUT2D eigenvalue weighted by molar-refractivity contribution is 0.103. The van der Waals surface area contributed by atoms with Crippen molar-refractivity contribution in [3.05, 3.63) is 65.6 Å². The first kappa shape index (κ1) is 11.5. The van der Waals surface area contributed by atoms with E-state index in [1.807, 2.05) is 29.7 Å². The van der Waals surface area contributed by atoms with Crippen LogP contribution in [0.25, 0.3) is 5.65 Å². The number of nitrogen functional groups attached to an aromatic ring is 1. The number of aromatic nitrogens is 2. The van der Waals surface area contributed by atoms with Crippen LogP contribution in [0.4, 0.5) is 5.69 Å². The Balaban J connectivity index is 2.11. The summed E-state index contributed by atoms with van der Waals surface area (Å²) in [5, 5.41) is 0. The molecule has 0 unspecified atom stereocenters. The third-order valence-electron chi connectivity index (χ3n) is 3.06. The number of hydrogen-bond acceptors (Lipinski definition) is 3. The zero-order chi connectivity index (χ0) is 13.4. The first-order valence-corrected chi connectivity index (χ1v) is 5.99. The number of nitrogens with zero attached hydrogens (tertiary/aromatic N) is 2. The molecule has 0 aliphatic carbocycles. The van der Waals surface area contributed by atoms with E-state index in [9.17, 15) is 4.79 Å². The van der Waals surface area contributed by atoms with Gasteiger partial charge in [0.2, 0.25) is 5.78 Å². The zero-order valence-corrected chi connectivity index (χ0v) is 10.5. The van der Waals surface area contributed by atoms with Crippen LogP contribution in [-0.4, -0.2) is 15.2 Å². The van der Waals surface area contributed by atoms with Gasteiger partial charge in [0.1, 0.15) is 11.3 Å². The van der Waals surface area contributed by atoms with E-state index >= 15 is 0 Å². The van der Waals surface area contributed by atoms with Crippen molar-refractivity contribution >= 4 is 17.1 Å². The van der Waals surface area contributed by atoms with E-state index in [1.54, 1.807) is 30.5 Å². The standard InChI is InChI=1S/C15H13N3O/c1-10-2-7-14-17-8-13(18(14)9-10)15(19)11-3-5-12(16)6-4-11/h2-9H,16H2,1H3. The van der Waals surface area contributed by atoms with Gasteiger partial charge in [-0.3, -0.25) is 9.20 Å². The monoisotopic (exact) mass is 251 g/mol. The number of carbonyl (C=O) groups excluding carboxylic acids is 1. The summed E-state index contributed by atoms with van der Waals surface area (Å²) < 4.78 is 1.81. The fourth-order valence-corrected chi connectivity index (χ4v) is 2.04. The molecule has 19 heavy (non-hydrogen) atoms. The second-order valence-electron chi connectivity index (χ2n) is 4.53. The van der Waals surface area contributed by atoms with Crippen molar-refractivity contribution in [1.82, 2.24) is 9.38 Å². The summed E-state index contributed by atoms with van der Waals surface area (Å²) in [6.07, 6.45) is 3.51. The number of pyridine rings is 1. The first-order valence-electron chi connectivity index (χ1n) is 5.99. The molecule has 4 heteroatoms. The summed E-state index contributed by atoms with van der Waals surface area (Å²) in [6.45, 7) is 1.98. The van der Waals surface area contributed by atoms with E-state index < -0.39 is 0 Å². The van der Waals surface area contributed by atoms with Gasteiger partial charge in [-0.25, -0.2) is 4.98 Å². The number of hydrogen-bond donors (Lipinski definition) is 1. The topological polar surface area (TPSA) is 60.4 Å². The molecule has 2 heterocycles. The molecule has 0 saturated heterocycles. The predicted molar refractivity (Wildman–Crippen MR) is 74.2 cm³/mol. The maximum Gasteiger partial charge on any atom is 0.211 e. The van der Waals surface area contributed by atoms with Gasteiger partial charge in [0.25, 0.3) is 0 Å². The molecule has 94 valence electrons. The number of fused-ring (bicyclic) bond motifs is 1. The second-order valence-corrected chi connectivity index (χ2v) is 4.53. The van der Waals surface area contributed by atoms with Gasteiger partial charge in [-0.15, -0.1) is 0 Å². The van der Waals surface area contributed by atoms with E-state index in [1.165, 1.54) is 0 Å². The lowest BCUT2D eigenvalue weighted by Crippen LogP contribution is -2.05. The first-order chi connectivity index (χ1) is 9.15. The molecule has 0 saturated carbocycles. The van der Waals surface area contributed by atoms with Gasteiger partial charge < -0.3 is 5.73 Å². The molecule has 0 atom stereocenters. The van der Waals surface area contributed by atoms with Gasteiger partial charge in [-0.05, 0) is 42.8 Å². The summed E-state index contributed by atoms with van der Waals surface area (Å²) in [5.74, 6) is -0.0573. The minimum absolute atomic E-state index is 0.0573. The maximum atomic E-state index is 12.4. The fraction of sp³-hybridized carbons (Fsp3) is 0.0667. The Hall–Kier alpha value is -2.62. The van der Waals surface area contributed by atoms with E-state index in [0.29, 0.717) is 16.9 Å². The highest BCUT2D eigenvalue weighted by molar-refractivity contribution is 6.08. The van der Waals surface area contributed by atoms with Gasteiger partial charge in [0.15, 0.2) is 0 Å². The molecule has 0 amide bonds. The van der Waals surface area contributed by atoms with E-state index in [-0.39, 0.29) is 5.78 Å². The molecule has 0 fully saturated rings. The van der Waals surface area contributed by atoms with Crippen LogP contribution in [0.1, 0.15) is 21.6 Å². The van der Waals surface area contributed by atoms with Crippen molar-refractivity contribution in [2.45, 2.75) is 6.92 Å². The number of aryl methyl sites for hydroxylation is 1. The molecule has 0 aliphatic rings. The smallest absolute Gasteiger partial charge is 0.211 e. The number of nitrogens with two attached hydrogens (primary N) is 1. The Morgan fingerprint density at radius 2 is 1.89 bits per heavy atom. The van der Waals surface area contributed by atoms with Crippen molar-refractivity contribution in [3.63, 3.8) is 0 Å². The van der Waals surface area contributed by atoms with Gasteiger partial charge in [-0.2, -0.15) is 0 Å². The van der Waals surface area contributed by atoms with Crippen LogP contribution >= 0.6 is 0 Å². The molecule has 0 spiro atoms. The highest BCUT2D eigenvalue weighted by Gasteiger charge is 2.14. The Labute approximate surface area is 110 Å². The predicted octanol–water partition coefficient (Wildman–Crippen LogP) is 2.46. The van der Waals surface area contributed by atoms with Crippen LogP contribution in [0.15, 0.2) is 48.8 Å². The van der Waals surface area contributed by atoms with Crippen molar-refractivity contribution in [1.29, 1.82) is 0 Å². The Morgan fingerprint density at radius 3 is 2.63 bits per heavy atom. The maximum absolute atomic E-state index is 12.4. The Morgan fingerprint density at radius 1 is 1.16 bits per heavy atom. The molecule has 4 nitrogen and oxygen atoms in total. The number of rotatable bonds is 2. The summed E-state index contributed by atoms with van der Waals surface area (Å²) in [5.41, 5.74) is 9.29. The van der Waals surface area contributed by atoms with Crippen LogP contribution in [-0.2, 0) is 0 Å². The minimum Gasteiger partial charge on any atom is -0.399 e. The third-order valence-corrected chi connectivity index (χ3v) is 3.06. The zero-order valence-electron chi connectivity index (χ0n) is 10.5. The molecule has 2 aromatic heterocycles. The molecule has 0 bridgehead atoms. The molecule has 3 rings (SSSR count). The van der Waals surface area contributed by atoms with Crippen LogP contribution in [0, 0.1) is 6.92 Å². The third kappa shape index (κ3) is 1.97. The van der Waals surface area contributed by atoms with Crippen LogP contribution in [0.3, 0.4) is 0 Å². The van der Waals surface area contributed by atoms with Gasteiger partial charge in [0, 0.05) is 17.4 Å². The SMILES string of the molecule is Cc1ccc2ncc(C(=O)c3ccc(N)cc3)n2c1. The lowest BCUT2D eigenvalue weighted by Gasteiger charge is -2.03. The van der Waals surface area contributed by atoms with Crippen LogP contribution in [0.2, 0.25) is 0 Å². The summed E-state index contributed by atoms with van der Waals surface area (Å²) in [7, 11) is 0. The van der Waals surface area contributed by atoms with Crippen molar-refractivity contribution in [2.24, 2.45) is 0 Å².